The lowest BCUT2D eigenvalue weighted by atomic mass is 9.69. The molecule has 9 heteroatoms. The molecule has 3 aromatic rings. The number of aliphatic hydroxyl groups is 1. The Labute approximate surface area is 175 Å². The highest BCUT2D eigenvalue weighted by molar-refractivity contribution is 5.93. The quantitative estimate of drug-likeness (QED) is 0.482. The summed E-state index contributed by atoms with van der Waals surface area (Å²) in [4.78, 5) is 26.6. The summed E-state index contributed by atoms with van der Waals surface area (Å²) in [6.07, 6.45) is 0.754. The molecule has 1 saturated carbocycles. The van der Waals surface area contributed by atoms with Crippen molar-refractivity contribution in [2.45, 2.75) is 24.8 Å². The van der Waals surface area contributed by atoms with E-state index in [1.165, 1.54) is 18.2 Å². The van der Waals surface area contributed by atoms with Gasteiger partial charge >= 0.3 is 0 Å². The van der Waals surface area contributed by atoms with Gasteiger partial charge in [-0.25, -0.2) is 13.2 Å². The van der Waals surface area contributed by atoms with Crippen LogP contribution in [0.25, 0.3) is 22.2 Å². The Morgan fingerprint density at radius 1 is 1.13 bits per heavy atom. The first kappa shape index (κ1) is 20.9. The second kappa shape index (κ2) is 8.07. The van der Waals surface area contributed by atoms with Gasteiger partial charge in [0.25, 0.3) is 0 Å². The maximum absolute atomic E-state index is 14.4. The van der Waals surface area contributed by atoms with Crippen molar-refractivity contribution in [2.75, 3.05) is 6.61 Å². The van der Waals surface area contributed by atoms with Crippen molar-refractivity contribution < 1.29 is 27.9 Å². The Balaban J connectivity index is 1.66. The van der Waals surface area contributed by atoms with Crippen molar-refractivity contribution in [3.63, 3.8) is 0 Å². The Hall–Kier alpha value is -3.33. The standard InChI is InChI=1S/C22H20F3N3O3/c23-13-3-1-10(2-4-13)19-18(15-7-14(24)8-16(25)20(15)28-19)11-5-12(6-11)22(31)27-17(9-29)21(26)30/h1-4,7-8,11-12,17,28-29H,5-6,9H2,(H2,26,30)(H,27,31)/t11-,12+,17?. The highest BCUT2D eigenvalue weighted by atomic mass is 19.1. The molecule has 1 aliphatic rings. The zero-order valence-electron chi connectivity index (χ0n) is 16.3. The third-order valence-corrected chi connectivity index (χ3v) is 5.76. The van der Waals surface area contributed by atoms with Gasteiger partial charge < -0.3 is 21.1 Å². The fourth-order valence-corrected chi connectivity index (χ4v) is 4.07. The maximum atomic E-state index is 14.4. The predicted octanol–water partition coefficient (Wildman–Crippen LogP) is 2.71. The van der Waals surface area contributed by atoms with Gasteiger partial charge in [0, 0.05) is 17.4 Å². The first-order valence-corrected chi connectivity index (χ1v) is 9.75. The van der Waals surface area contributed by atoms with Gasteiger partial charge in [0.15, 0.2) is 0 Å². The van der Waals surface area contributed by atoms with E-state index in [2.05, 4.69) is 10.3 Å². The molecule has 0 saturated heterocycles. The first-order chi connectivity index (χ1) is 14.8. The number of carbonyl (C=O) groups is 2. The minimum absolute atomic E-state index is 0.137. The van der Waals surface area contributed by atoms with E-state index in [1.807, 2.05) is 0 Å². The minimum atomic E-state index is -1.17. The summed E-state index contributed by atoms with van der Waals surface area (Å²) < 4.78 is 41.7. The van der Waals surface area contributed by atoms with Crippen LogP contribution in [0.15, 0.2) is 36.4 Å². The van der Waals surface area contributed by atoms with Crippen LogP contribution in [-0.2, 0) is 9.59 Å². The van der Waals surface area contributed by atoms with Crippen LogP contribution < -0.4 is 11.1 Å². The molecule has 1 unspecified atom stereocenters. The monoisotopic (exact) mass is 431 g/mol. The second-order valence-electron chi connectivity index (χ2n) is 7.74. The van der Waals surface area contributed by atoms with E-state index in [-0.39, 0.29) is 11.4 Å². The van der Waals surface area contributed by atoms with Crippen LogP contribution in [-0.4, -0.2) is 34.6 Å². The number of fused-ring (bicyclic) bond motifs is 1. The molecule has 2 amide bonds. The topological polar surface area (TPSA) is 108 Å². The number of aliphatic hydroxyl groups excluding tert-OH is 1. The number of rotatable bonds is 6. The molecular formula is C22H20F3N3O3. The Bertz CT molecular complexity index is 1150. The lowest BCUT2D eigenvalue weighted by Crippen LogP contribution is -2.50. The normalized spacial score (nSPS) is 19.1. The predicted molar refractivity (Wildman–Crippen MR) is 107 cm³/mol. The number of nitrogens with two attached hydrogens (primary N) is 1. The lowest BCUT2D eigenvalue weighted by molar-refractivity contribution is -0.132. The largest absolute Gasteiger partial charge is 0.394 e. The third kappa shape index (κ3) is 3.88. The van der Waals surface area contributed by atoms with Crippen LogP contribution in [0.2, 0.25) is 0 Å². The average Bonchev–Trinajstić information content (AvgIpc) is 3.05. The minimum Gasteiger partial charge on any atom is -0.394 e. The molecule has 162 valence electrons. The van der Waals surface area contributed by atoms with E-state index in [4.69, 9.17) is 10.8 Å². The van der Waals surface area contributed by atoms with E-state index in [0.717, 1.165) is 6.07 Å². The molecule has 0 aliphatic heterocycles. The molecule has 1 fully saturated rings. The summed E-state index contributed by atoms with van der Waals surface area (Å²) in [5.74, 6) is -3.79. The van der Waals surface area contributed by atoms with Gasteiger partial charge in [-0.1, -0.05) is 0 Å². The van der Waals surface area contributed by atoms with Gasteiger partial charge in [-0.05, 0) is 60.2 Å². The number of nitrogens with one attached hydrogen (secondary N) is 2. The molecule has 1 aliphatic carbocycles. The number of primary amides is 1. The van der Waals surface area contributed by atoms with Crippen LogP contribution in [0.1, 0.15) is 24.3 Å². The smallest absolute Gasteiger partial charge is 0.242 e. The summed E-state index contributed by atoms with van der Waals surface area (Å²) in [6, 6.07) is 6.48. The summed E-state index contributed by atoms with van der Waals surface area (Å²) in [5, 5.41) is 11.9. The molecule has 6 nitrogen and oxygen atoms in total. The van der Waals surface area contributed by atoms with Gasteiger partial charge in [0.05, 0.1) is 17.8 Å². The molecular weight excluding hydrogens is 411 g/mol. The van der Waals surface area contributed by atoms with Crippen LogP contribution in [0.4, 0.5) is 13.2 Å². The summed E-state index contributed by atoms with van der Waals surface area (Å²) in [7, 11) is 0. The van der Waals surface area contributed by atoms with E-state index in [0.29, 0.717) is 35.0 Å². The van der Waals surface area contributed by atoms with Crippen LogP contribution in [0, 0.1) is 23.4 Å². The van der Waals surface area contributed by atoms with E-state index >= 15 is 0 Å². The van der Waals surface area contributed by atoms with Crippen molar-refractivity contribution in [1.82, 2.24) is 10.3 Å². The highest BCUT2D eigenvalue weighted by Gasteiger charge is 2.39. The Kier molecular flexibility index (Phi) is 5.45. The molecule has 5 N–H and O–H groups in total. The maximum Gasteiger partial charge on any atom is 0.242 e. The van der Waals surface area contributed by atoms with Crippen molar-refractivity contribution in [2.24, 2.45) is 11.7 Å². The fourth-order valence-electron chi connectivity index (χ4n) is 4.07. The van der Waals surface area contributed by atoms with Crippen molar-refractivity contribution in [3.8, 4) is 11.3 Å². The number of aromatic nitrogens is 1. The number of amides is 2. The van der Waals surface area contributed by atoms with Gasteiger partial charge in [0.2, 0.25) is 11.8 Å². The van der Waals surface area contributed by atoms with E-state index < -0.39 is 47.8 Å². The van der Waals surface area contributed by atoms with Crippen molar-refractivity contribution >= 4 is 22.7 Å². The van der Waals surface area contributed by atoms with Gasteiger partial charge in [-0.15, -0.1) is 0 Å². The fraction of sp³-hybridized carbons (Fsp3) is 0.273. The summed E-state index contributed by atoms with van der Waals surface area (Å²) >= 11 is 0. The summed E-state index contributed by atoms with van der Waals surface area (Å²) in [5.41, 5.74) is 7.06. The van der Waals surface area contributed by atoms with Crippen LogP contribution >= 0.6 is 0 Å². The Morgan fingerprint density at radius 2 is 1.81 bits per heavy atom. The van der Waals surface area contributed by atoms with E-state index in [1.54, 1.807) is 12.1 Å². The van der Waals surface area contributed by atoms with Gasteiger partial charge in [-0.3, -0.25) is 9.59 Å². The number of aromatic amines is 1. The third-order valence-electron chi connectivity index (χ3n) is 5.76. The molecule has 0 bridgehead atoms. The molecule has 0 radical (unpaired) electrons. The number of H-pyrrole nitrogens is 1. The number of carbonyl (C=O) groups excluding carboxylic acids is 2. The van der Waals surface area contributed by atoms with E-state index in [9.17, 15) is 22.8 Å². The molecule has 0 spiro atoms. The molecule has 31 heavy (non-hydrogen) atoms. The molecule has 1 heterocycles. The summed E-state index contributed by atoms with van der Waals surface area (Å²) in [6.45, 7) is -0.604. The molecule has 1 atom stereocenters. The SMILES string of the molecule is NC(=O)C(CO)NC(=O)[C@H]1C[C@@H](c2c(-c3ccc(F)cc3)[nH]c3c(F)cc(F)cc32)C1. The van der Waals surface area contributed by atoms with Crippen LogP contribution in [0.3, 0.4) is 0 Å². The number of hydrogen-bond acceptors (Lipinski definition) is 3. The van der Waals surface area contributed by atoms with Crippen molar-refractivity contribution in [1.29, 1.82) is 0 Å². The zero-order valence-corrected chi connectivity index (χ0v) is 16.3. The van der Waals surface area contributed by atoms with Gasteiger partial charge in [0.1, 0.15) is 23.5 Å². The molecule has 2 aromatic carbocycles. The highest BCUT2D eigenvalue weighted by Crippen LogP contribution is 2.48. The van der Waals surface area contributed by atoms with Gasteiger partial charge in [-0.2, -0.15) is 0 Å². The molecule has 1 aromatic heterocycles. The lowest BCUT2D eigenvalue weighted by Gasteiger charge is -2.35. The van der Waals surface area contributed by atoms with Crippen molar-refractivity contribution in [3.05, 3.63) is 59.4 Å². The molecule has 4 rings (SSSR count). The number of hydrogen-bond donors (Lipinski definition) is 4. The average molecular weight is 431 g/mol. The first-order valence-electron chi connectivity index (χ1n) is 9.75. The number of benzene rings is 2. The Morgan fingerprint density at radius 3 is 2.42 bits per heavy atom. The number of halogens is 3. The van der Waals surface area contributed by atoms with Crippen LogP contribution in [0.5, 0.6) is 0 Å². The second-order valence-corrected chi connectivity index (χ2v) is 7.74. The zero-order chi connectivity index (χ0) is 22.3.